The van der Waals surface area contributed by atoms with E-state index in [0.717, 1.165) is 34.4 Å². The highest BCUT2D eigenvalue weighted by atomic mass is 16.5. The Balaban J connectivity index is 1.59. The monoisotopic (exact) mass is 563 g/mol. The summed E-state index contributed by atoms with van der Waals surface area (Å²) in [6.07, 6.45) is 2.11. The molecule has 0 N–H and O–H groups in total. The molecule has 0 bridgehead atoms. The Morgan fingerprint density at radius 2 is 1.21 bits per heavy atom. The van der Waals surface area contributed by atoms with Crippen LogP contribution < -0.4 is 4.74 Å². The van der Waals surface area contributed by atoms with Gasteiger partial charge in [0.1, 0.15) is 12.4 Å². The molecule has 0 aromatic heterocycles. The molecule has 4 aromatic rings. The van der Waals surface area contributed by atoms with E-state index >= 15 is 0 Å². The van der Waals surface area contributed by atoms with Gasteiger partial charge in [-0.15, -0.1) is 0 Å². The van der Waals surface area contributed by atoms with Crippen molar-refractivity contribution in [3.63, 3.8) is 0 Å². The van der Waals surface area contributed by atoms with Crippen molar-refractivity contribution in [1.29, 1.82) is 0 Å². The first-order valence-corrected chi connectivity index (χ1v) is 14.7. The zero-order valence-corrected chi connectivity index (χ0v) is 24.7. The molecule has 0 fully saturated rings. The number of ether oxygens (including phenoxy) is 2. The lowest BCUT2D eigenvalue weighted by Crippen LogP contribution is -2.43. The number of ketones is 1. The van der Waals surface area contributed by atoms with Gasteiger partial charge in [-0.2, -0.15) is 0 Å². The van der Waals surface area contributed by atoms with Gasteiger partial charge in [0, 0.05) is 19.5 Å². The SMILES string of the molecule is CCC[C@H](CC(=O)[C@H](Cc1ccc(OCc2ccccc2)cc1)N(Cc1ccccc1)Cc1ccccc1)C(=O)OC. The van der Waals surface area contributed by atoms with Crippen molar-refractivity contribution in [1.82, 2.24) is 4.90 Å². The van der Waals surface area contributed by atoms with Crippen molar-refractivity contribution in [2.45, 2.75) is 58.3 Å². The summed E-state index contributed by atoms with van der Waals surface area (Å²) < 4.78 is 11.1. The minimum absolute atomic E-state index is 0.0510. The van der Waals surface area contributed by atoms with Crippen molar-refractivity contribution in [2.75, 3.05) is 7.11 Å². The molecule has 4 aromatic carbocycles. The molecule has 0 saturated heterocycles. The molecule has 0 spiro atoms. The summed E-state index contributed by atoms with van der Waals surface area (Å²) in [5, 5.41) is 0. The number of esters is 1. The van der Waals surface area contributed by atoms with E-state index in [1.54, 1.807) is 0 Å². The van der Waals surface area contributed by atoms with Gasteiger partial charge in [0.25, 0.3) is 0 Å². The summed E-state index contributed by atoms with van der Waals surface area (Å²) in [4.78, 5) is 28.9. The molecule has 2 atom stereocenters. The summed E-state index contributed by atoms with van der Waals surface area (Å²) in [5.41, 5.74) is 4.41. The minimum atomic E-state index is -0.445. The molecule has 0 amide bonds. The molecule has 0 radical (unpaired) electrons. The minimum Gasteiger partial charge on any atom is -0.489 e. The quantitative estimate of drug-likeness (QED) is 0.133. The molecule has 0 aliphatic carbocycles. The summed E-state index contributed by atoms with van der Waals surface area (Å²) >= 11 is 0. The second-order valence-electron chi connectivity index (χ2n) is 10.7. The number of carbonyl (C=O) groups is 2. The Hall–Kier alpha value is -4.22. The van der Waals surface area contributed by atoms with Crippen LogP contribution in [-0.4, -0.2) is 29.8 Å². The Morgan fingerprint density at radius 3 is 1.71 bits per heavy atom. The van der Waals surface area contributed by atoms with Crippen molar-refractivity contribution in [3.05, 3.63) is 138 Å². The highest BCUT2D eigenvalue weighted by Gasteiger charge is 2.31. The molecule has 5 heteroatoms. The molecule has 0 aliphatic heterocycles. The molecule has 0 aliphatic rings. The third-order valence-electron chi connectivity index (χ3n) is 7.49. The first-order valence-electron chi connectivity index (χ1n) is 14.7. The van der Waals surface area contributed by atoms with Crippen LogP contribution in [0.4, 0.5) is 0 Å². The van der Waals surface area contributed by atoms with Crippen LogP contribution in [-0.2, 0) is 40.4 Å². The van der Waals surface area contributed by atoms with Gasteiger partial charge in [-0.1, -0.05) is 116 Å². The number of rotatable bonds is 16. The second kappa shape index (κ2) is 16.3. The van der Waals surface area contributed by atoms with Crippen molar-refractivity contribution < 1.29 is 19.1 Å². The summed E-state index contributed by atoms with van der Waals surface area (Å²) in [5.74, 6) is 0.0697. The van der Waals surface area contributed by atoms with Crippen LogP contribution in [0.1, 0.15) is 48.4 Å². The number of Topliss-reactive ketones (excluding diaryl/α,β-unsaturated/α-hetero) is 1. The fourth-order valence-electron chi connectivity index (χ4n) is 5.24. The average molecular weight is 564 g/mol. The van der Waals surface area contributed by atoms with Crippen LogP contribution in [0.2, 0.25) is 0 Å². The van der Waals surface area contributed by atoms with Crippen LogP contribution in [0.25, 0.3) is 0 Å². The van der Waals surface area contributed by atoms with E-state index in [-0.39, 0.29) is 18.2 Å². The fourth-order valence-corrected chi connectivity index (χ4v) is 5.24. The van der Waals surface area contributed by atoms with Crippen LogP contribution in [0, 0.1) is 5.92 Å². The van der Waals surface area contributed by atoms with Crippen LogP contribution in [0.15, 0.2) is 115 Å². The van der Waals surface area contributed by atoms with Crippen LogP contribution >= 0.6 is 0 Å². The number of methoxy groups -OCH3 is 1. The van der Waals surface area contributed by atoms with Gasteiger partial charge in [-0.25, -0.2) is 0 Å². The van der Waals surface area contributed by atoms with E-state index in [9.17, 15) is 9.59 Å². The smallest absolute Gasteiger partial charge is 0.309 e. The molecule has 218 valence electrons. The molecular formula is C37H41NO4. The van der Waals surface area contributed by atoms with E-state index in [2.05, 4.69) is 29.2 Å². The largest absolute Gasteiger partial charge is 0.489 e. The van der Waals surface area contributed by atoms with E-state index in [4.69, 9.17) is 9.47 Å². The van der Waals surface area contributed by atoms with Gasteiger partial charge in [-0.05, 0) is 47.2 Å². The number of benzene rings is 4. The van der Waals surface area contributed by atoms with E-state index in [1.165, 1.54) is 7.11 Å². The maximum absolute atomic E-state index is 14.1. The highest BCUT2D eigenvalue weighted by Crippen LogP contribution is 2.24. The number of nitrogens with zero attached hydrogens (tertiary/aromatic N) is 1. The van der Waals surface area contributed by atoms with E-state index < -0.39 is 12.0 Å². The summed E-state index contributed by atoms with van der Waals surface area (Å²) in [6.45, 7) is 3.74. The fraction of sp³-hybridized carbons (Fsp3) is 0.297. The normalized spacial score (nSPS) is 12.5. The third-order valence-corrected chi connectivity index (χ3v) is 7.49. The molecule has 0 unspecified atom stereocenters. The third kappa shape index (κ3) is 9.42. The van der Waals surface area contributed by atoms with Gasteiger partial charge in [0.05, 0.1) is 19.1 Å². The Labute approximate surface area is 250 Å². The highest BCUT2D eigenvalue weighted by molar-refractivity contribution is 5.88. The number of hydrogen-bond donors (Lipinski definition) is 0. The van der Waals surface area contributed by atoms with Gasteiger partial charge < -0.3 is 9.47 Å². The number of carbonyl (C=O) groups excluding carboxylic acids is 2. The maximum Gasteiger partial charge on any atom is 0.309 e. The predicted octanol–water partition coefficient (Wildman–Crippen LogP) is 7.43. The molecule has 42 heavy (non-hydrogen) atoms. The van der Waals surface area contributed by atoms with Crippen LogP contribution in [0.5, 0.6) is 5.75 Å². The van der Waals surface area contributed by atoms with Gasteiger partial charge in [0.15, 0.2) is 5.78 Å². The standard InChI is InChI=1S/C37H41NO4/c1-3-13-33(37(40)41-2)25-36(39)35(24-29-20-22-34(23-21-29)42-28-32-18-11-6-12-19-32)38(26-30-14-7-4-8-15-30)27-31-16-9-5-10-17-31/h4-12,14-23,33,35H,3,13,24-28H2,1-2H3/t33-,35+/m1/s1. The van der Waals surface area contributed by atoms with E-state index in [0.29, 0.717) is 32.5 Å². The van der Waals surface area contributed by atoms with E-state index in [1.807, 2.05) is 97.9 Å². The molecular weight excluding hydrogens is 522 g/mol. The topological polar surface area (TPSA) is 55.8 Å². The second-order valence-corrected chi connectivity index (χ2v) is 10.7. The molecule has 0 saturated carbocycles. The van der Waals surface area contributed by atoms with Crippen molar-refractivity contribution >= 4 is 11.8 Å². The predicted molar refractivity (Wildman–Crippen MR) is 167 cm³/mol. The molecule has 0 heterocycles. The lowest BCUT2D eigenvalue weighted by Gasteiger charge is -2.32. The maximum atomic E-state index is 14.1. The zero-order chi connectivity index (χ0) is 29.6. The molecule has 4 rings (SSSR count). The average Bonchev–Trinajstić information content (AvgIpc) is 3.03. The molecule has 5 nitrogen and oxygen atoms in total. The zero-order valence-electron chi connectivity index (χ0n) is 24.7. The number of hydrogen-bond acceptors (Lipinski definition) is 5. The Morgan fingerprint density at radius 1 is 0.690 bits per heavy atom. The first-order chi connectivity index (χ1) is 20.6. The van der Waals surface area contributed by atoms with Crippen molar-refractivity contribution in [2.24, 2.45) is 5.92 Å². The first kappa shape index (κ1) is 30.7. The van der Waals surface area contributed by atoms with Gasteiger partial charge in [0.2, 0.25) is 0 Å². The van der Waals surface area contributed by atoms with Crippen molar-refractivity contribution in [3.8, 4) is 5.75 Å². The summed E-state index contributed by atoms with van der Waals surface area (Å²) in [6, 6.07) is 38.1. The lowest BCUT2D eigenvalue weighted by molar-refractivity contribution is -0.148. The van der Waals surface area contributed by atoms with Crippen LogP contribution in [0.3, 0.4) is 0 Å². The Kier molecular flexibility index (Phi) is 11.9. The summed E-state index contributed by atoms with van der Waals surface area (Å²) in [7, 11) is 1.39. The van der Waals surface area contributed by atoms with Gasteiger partial charge in [-0.3, -0.25) is 14.5 Å². The lowest BCUT2D eigenvalue weighted by atomic mass is 9.90. The Bertz CT molecular complexity index is 1320. The van der Waals surface area contributed by atoms with Gasteiger partial charge >= 0.3 is 5.97 Å².